The third kappa shape index (κ3) is 4.31. The Morgan fingerprint density at radius 1 is 1.05 bits per heavy atom. The van der Waals surface area contributed by atoms with Crippen molar-refractivity contribution >= 4 is 35.4 Å². The summed E-state index contributed by atoms with van der Waals surface area (Å²) in [6.45, 7) is 3.17. The van der Waals surface area contributed by atoms with Gasteiger partial charge < -0.3 is 20.3 Å². The lowest BCUT2D eigenvalue weighted by atomic mass is 9.53. The van der Waals surface area contributed by atoms with Crippen LogP contribution in [0, 0.1) is 10.8 Å². The molecule has 4 atom stereocenters. The second kappa shape index (κ2) is 10.2. The van der Waals surface area contributed by atoms with Gasteiger partial charge in [0.1, 0.15) is 0 Å². The Bertz CT molecular complexity index is 1220. The molecule has 0 bridgehead atoms. The van der Waals surface area contributed by atoms with Crippen LogP contribution in [0.3, 0.4) is 0 Å². The number of ether oxygens (including phenoxy) is 1. The van der Waals surface area contributed by atoms with E-state index in [1.54, 1.807) is 55.5 Å². The van der Waals surface area contributed by atoms with Gasteiger partial charge in [-0.3, -0.25) is 24.1 Å². The second-order valence-corrected chi connectivity index (χ2v) is 10.1. The number of piperidine rings is 1. The molecular formula is C27H29ClN2O7. The lowest BCUT2D eigenvalue weighted by molar-refractivity contribution is -0.170. The van der Waals surface area contributed by atoms with Crippen LogP contribution in [0.5, 0.6) is 0 Å². The summed E-state index contributed by atoms with van der Waals surface area (Å²) >= 11 is 6.48. The van der Waals surface area contributed by atoms with Crippen molar-refractivity contribution in [3.8, 4) is 0 Å². The van der Waals surface area contributed by atoms with Crippen LogP contribution in [0.25, 0.3) is 0 Å². The van der Waals surface area contributed by atoms with E-state index in [4.69, 9.17) is 16.3 Å². The Hall–Kier alpha value is -3.27. The summed E-state index contributed by atoms with van der Waals surface area (Å²) in [5.74, 6) is -4.05. The van der Waals surface area contributed by atoms with Crippen LogP contribution in [0.1, 0.15) is 52.5 Å². The minimum Gasteiger partial charge on any atom is -0.481 e. The molecule has 0 aromatic heterocycles. The number of nitrogens with one attached hydrogen (secondary N) is 1. The van der Waals surface area contributed by atoms with E-state index < -0.39 is 46.5 Å². The fourth-order valence-electron chi connectivity index (χ4n) is 5.80. The quantitative estimate of drug-likeness (QED) is 0.333. The molecule has 4 rings (SSSR count). The number of rotatable bonds is 9. The minimum atomic E-state index is -1.56. The molecule has 1 fully saturated rings. The number of halogens is 1. The average molecular weight is 529 g/mol. The van der Waals surface area contributed by atoms with E-state index >= 15 is 0 Å². The highest BCUT2D eigenvalue weighted by Crippen LogP contribution is 2.56. The van der Waals surface area contributed by atoms with Crippen LogP contribution in [0.15, 0.2) is 48.5 Å². The zero-order chi connectivity index (χ0) is 27.0. The molecule has 2 amide bonds. The van der Waals surface area contributed by atoms with Gasteiger partial charge in [-0.25, -0.2) is 0 Å². The molecular weight excluding hydrogens is 500 g/mol. The fraction of sp³-hybridized carbons (Fsp3) is 0.407. The summed E-state index contributed by atoms with van der Waals surface area (Å²) in [6.07, 6.45) is 0.112. The van der Waals surface area contributed by atoms with Gasteiger partial charge in [0.15, 0.2) is 0 Å². The summed E-state index contributed by atoms with van der Waals surface area (Å²) < 4.78 is 5.83. The van der Waals surface area contributed by atoms with E-state index in [0.29, 0.717) is 21.7 Å². The highest BCUT2D eigenvalue weighted by Gasteiger charge is 2.63. The van der Waals surface area contributed by atoms with Crippen LogP contribution in [-0.2, 0) is 14.3 Å². The van der Waals surface area contributed by atoms with Crippen molar-refractivity contribution in [1.82, 2.24) is 10.2 Å². The lowest BCUT2D eigenvalue weighted by Gasteiger charge is -2.53. The Labute approximate surface area is 219 Å². The van der Waals surface area contributed by atoms with Crippen molar-refractivity contribution in [3.05, 3.63) is 70.2 Å². The molecule has 2 aromatic rings. The summed E-state index contributed by atoms with van der Waals surface area (Å²) in [7, 11) is 0. The maximum Gasteiger partial charge on any atom is 0.311 e. The van der Waals surface area contributed by atoms with E-state index in [9.17, 15) is 29.4 Å². The molecule has 2 heterocycles. The zero-order valence-electron chi connectivity index (χ0n) is 20.6. The standard InChI is InChI=1S/C27H29ClN2O7/c1-3-27(25(35)36)20(14-37-13-12-30-22(31)16-8-4-5-9-17(16)23(30)32)29-15-26(2,24(33)34)21(27)18-10-6-7-11-19(18)28/h4-11,20-21,29H,3,12-15H2,1-2H3,(H,33,34)(H,35,36)/t20-,21-,26+,27-/m0/s1. The van der Waals surface area contributed by atoms with Gasteiger partial charge in [0.2, 0.25) is 0 Å². The molecule has 0 saturated carbocycles. The third-order valence-corrected chi connectivity index (χ3v) is 8.14. The van der Waals surface area contributed by atoms with Gasteiger partial charge in [-0.1, -0.05) is 48.9 Å². The van der Waals surface area contributed by atoms with Crippen molar-refractivity contribution in [2.24, 2.45) is 10.8 Å². The van der Waals surface area contributed by atoms with Gasteiger partial charge in [0.05, 0.1) is 41.7 Å². The number of carbonyl (C=O) groups is 4. The van der Waals surface area contributed by atoms with E-state index in [-0.39, 0.29) is 32.7 Å². The first-order chi connectivity index (χ1) is 17.6. The summed E-state index contributed by atoms with van der Waals surface area (Å²) in [4.78, 5) is 51.7. The molecule has 3 N–H and O–H groups in total. The number of imide groups is 1. The van der Waals surface area contributed by atoms with E-state index in [1.165, 1.54) is 6.92 Å². The van der Waals surface area contributed by atoms with E-state index in [0.717, 1.165) is 4.90 Å². The predicted octanol–water partition coefficient (Wildman–Crippen LogP) is 3.28. The first-order valence-corrected chi connectivity index (χ1v) is 12.4. The number of nitrogens with zero attached hydrogens (tertiary/aromatic N) is 1. The molecule has 37 heavy (non-hydrogen) atoms. The summed E-state index contributed by atoms with van der Waals surface area (Å²) in [5.41, 5.74) is -1.89. The molecule has 0 radical (unpaired) electrons. The van der Waals surface area contributed by atoms with E-state index in [1.807, 2.05) is 0 Å². The normalized spacial score (nSPS) is 27.3. The monoisotopic (exact) mass is 528 g/mol. The van der Waals surface area contributed by atoms with Crippen LogP contribution in [-0.4, -0.2) is 71.2 Å². The van der Waals surface area contributed by atoms with Crippen LogP contribution in [0.4, 0.5) is 0 Å². The molecule has 10 heteroatoms. The minimum absolute atomic E-state index is 0.000311. The highest BCUT2D eigenvalue weighted by molar-refractivity contribution is 6.31. The van der Waals surface area contributed by atoms with Crippen molar-refractivity contribution in [2.75, 3.05) is 26.3 Å². The van der Waals surface area contributed by atoms with Crippen molar-refractivity contribution in [1.29, 1.82) is 0 Å². The number of carboxylic acids is 2. The van der Waals surface area contributed by atoms with Crippen molar-refractivity contribution in [3.63, 3.8) is 0 Å². The van der Waals surface area contributed by atoms with Crippen molar-refractivity contribution in [2.45, 2.75) is 32.2 Å². The Kier molecular flexibility index (Phi) is 7.41. The SMILES string of the molecule is CC[C@]1(C(=O)O)[C@H](COCCN2C(=O)c3ccccc3C2=O)NC[C@@](C)(C(=O)O)[C@@H]1c1ccccc1Cl. The van der Waals surface area contributed by atoms with Crippen LogP contribution < -0.4 is 5.32 Å². The number of carbonyl (C=O) groups excluding carboxylic acids is 2. The maximum absolute atomic E-state index is 12.9. The number of aliphatic carboxylic acids is 2. The maximum atomic E-state index is 12.9. The predicted molar refractivity (Wildman–Crippen MR) is 135 cm³/mol. The fourth-order valence-corrected chi connectivity index (χ4v) is 6.04. The van der Waals surface area contributed by atoms with Gasteiger partial charge in [0, 0.05) is 23.5 Å². The highest BCUT2D eigenvalue weighted by atomic mass is 35.5. The summed E-state index contributed by atoms with van der Waals surface area (Å²) in [5, 5.41) is 24.2. The van der Waals surface area contributed by atoms with Crippen LogP contribution >= 0.6 is 11.6 Å². The second-order valence-electron chi connectivity index (χ2n) is 9.69. The molecule has 2 aromatic carbocycles. The molecule has 0 aliphatic carbocycles. The Balaban J connectivity index is 1.57. The Morgan fingerprint density at radius 2 is 1.65 bits per heavy atom. The van der Waals surface area contributed by atoms with Crippen molar-refractivity contribution < 1.29 is 34.1 Å². The number of amides is 2. The van der Waals surface area contributed by atoms with E-state index in [2.05, 4.69) is 5.32 Å². The molecule has 0 unspecified atom stereocenters. The van der Waals surface area contributed by atoms with Gasteiger partial charge in [-0.2, -0.15) is 0 Å². The lowest BCUT2D eigenvalue weighted by Crippen LogP contribution is -2.67. The smallest absolute Gasteiger partial charge is 0.311 e. The number of hydrogen-bond donors (Lipinski definition) is 3. The summed E-state index contributed by atoms with van der Waals surface area (Å²) in [6, 6.07) is 12.5. The Morgan fingerprint density at radius 3 is 2.19 bits per heavy atom. The first kappa shape index (κ1) is 26.8. The molecule has 9 nitrogen and oxygen atoms in total. The van der Waals surface area contributed by atoms with Gasteiger partial charge >= 0.3 is 11.9 Å². The molecule has 196 valence electrons. The molecule has 2 aliphatic heterocycles. The topological polar surface area (TPSA) is 133 Å². The van der Waals surface area contributed by atoms with Gasteiger partial charge in [-0.05, 0) is 37.1 Å². The van der Waals surface area contributed by atoms with Crippen LogP contribution in [0.2, 0.25) is 5.02 Å². The number of fused-ring (bicyclic) bond motifs is 1. The molecule has 0 spiro atoms. The zero-order valence-corrected chi connectivity index (χ0v) is 21.3. The van der Waals surface area contributed by atoms with Gasteiger partial charge in [-0.15, -0.1) is 0 Å². The number of benzene rings is 2. The third-order valence-electron chi connectivity index (χ3n) is 7.80. The first-order valence-electron chi connectivity index (χ1n) is 12.1. The molecule has 1 saturated heterocycles. The van der Waals surface area contributed by atoms with Gasteiger partial charge in [0.25, 0.3) is 11.8 Å². The average Bonchev–Trinajstić information content (AvgIpc) is 3.12. The number of carboxylic acid groups (broad SMARTS) is 2. The largest absolute Gasteiger partial charge is 0.481 e. The molecule has 2 aliphatic rings. The number of hydrogen-bond acceptors (Lipinski definition) is 6.